The molecule has 1 N–H and O–H groups in total. The number of hydrogen-bond donors (Lipinski definition) is 1. The van der Waals surface area contributed by atoms with Gasteiger partial charge in [-0.2, -0.15) is 17.0 Å². The highest BCUT2D eigenvalue weighted by Crippen LogP contribution is 2.05. The van der Waals surface area contributed by atoms with Gasteiger partial charge in [0.25, 0.3) is 0 Å². The normalized spacial score (nSPS) is 12.5. The SMILES string of the molecule is CCCSCC(O)CC#N. The zero-order valence-electron chi connectivity index (χ0n) is 6.21. The van der Waals surface area contributed by atoms with Crippen molar-refractivity contribution in [3.63, 3.8) is 0 Å². The molecule has 3 heteroatoms. The summed E-state index contributed by atoms with van der Waals surface area (Å²) in [5.74, 6) is 1.77. The van der Waals surface area contributed by atoms with Crippen LogP contribution in [0.15, 0.2) is 0 Å². The topological polar surface area (TPSA) is 44.0 Å². The smallest absolute Gasteiger partial charge is 0.0760 e. The third-order valence-electron chi connectivity index (χ3n) is 0.986. The van der Waals surface area contributed by atoms with Crippen LogP contribution in [-0.4, -0.2) is 22.7 Å². The van der Waals surface area contributed by atoms with Gasteiger partial charge in [-0.05, 0) is 12.2 Å². The third kappa shape index (κ3) is 5.93. The Morgan fingerprint density at radius 3 is 2.90 bits per heavy atom. The average molecular weight is 159 g/mol. The molecule has 0 amide bonds. The van der Waals surface area contributed by atoms with Crippen LogP contribution >= 0.6 is 11.8 Å². The molecule has 1 unspecified atom stereocenters. The predicted molar refractivity (Wildman–Crippen MR) is 43.9 cm³/mol. The Morgan fingerprint density at radius 1 is 1.70 bits per heavy atom. The third-order valence-corrected chi connectivity index (χ3v) is 2.30. The first-order valence-electron chi connectivity index (χ1n) is 3.44. The maximum Gasteiger partial charge on any atom is 0.0760 e. The van der Waals surface area contributed by atoms with Crippen molar-refractivity contribution in [2.24, 2.45) is 0 Å². The van der Waals surface area contributed by atoms with E-state index in [0.717, 1.165) is 12.2 Å². The number of aliphatic hydroxyl groups is 1. The molecule has 0 rings (SSSR count). The predicted octanol–water partition coefficient (Wildman–Crippen LogP) is 1.40. The fraction of sp³-hybridized carbons (Fsp3) is 0.857. The highest BCUT2D eigenvalue weighted by Gasteiger charge is 2.01. The molecule has 10 heavy (non-hydrogen) atoms. The Labute approximate surface area is 66.2 Å². The van der Waals surface area contributed by atoms with E-state index >= 15 is 0 Å². The number of thioether (sulfide) groups is 1. The Balaban J connectivity index is 3.06. The molecule has 0 bridgehead atoms. The Kier molecular flexibility index (Phi) is 6.78. The van der Waals surface area contributed by atoms with Crippen LogP contribution in [0, 0.1) is 11.3 Å². The molecule has 0 aliphatic heterocycles. The summed E-state index contributed by atoms with van der Waals surface area (Å²) >= 11 is 1.70. The van der Waals surface area contributed by atoms with Gasteiger partial charge in [-0.3, -0.25) is 0 Å². The van der Waals surface area contributed by atoms with Gasteiger partial charge in [0, 0.05) is 5.75 Å². The Morgan fingerprint density at radius 2 is 2.40 bits per heavy atom. The second-order valence-electron chi connectivity index (χ2n) is 2.09. The number of rotatable bonds is 5. The van der Waals surface area contributed by atoms with E-state index in [9.17, 15) is 0 Å². The highest BCUT2D eigenvalue weighted by atomic mass is 32.2. The van der Waals surface area contributed by atoms with Gasteiger partial charge in [-0.15, -0.1) is 0 Å². The van der Waals surface area contributed by atoms with E-state index in [2.05, 4.69) is 6.92 Å². The molecule has 2 nitrogen and oxygen atoms in total. The molecule has 0 aliphatic rings. The van der Waals surface area contributed by atoms with Crippen LogP contribution in [0.1, 0.15) is 19.8 Å². The van der Waals surface area contributed by atoms with Crippen molar-refractivity contribution in [1.82, 2.24) is 0 Å². The molecule has 1 atom stereocenters. The van der Waals surface area contributed by atoms with Crippen LogP contribution in [0.3, 0.4) is 0 Å². The lowest BCUT2D eigenvalue weighted by Gasteiger charge is -2.03. The molecule has 0 aromatic heterocycles. The van der Waals surface area contributed by atoms with Crippen molar-refractivity contribution in [2.45, 2.75) is 25.9 Å². The summed E-state index contributed by atoms with van der Waals surface area (Å²) in [6, 6.07) is 1.93. The average Bonchev–Trinajstić information content (AvgIpc) is 1.89. The quantitative estimate of drug-likeness (QED) is 0.617. The Hall–Kier alpha value is -0.200. The molecule has 58 valence electrons. The summed E-state index contributed by atoms with van der Waals surface area (Å²) < 4.78 is 0. The molecule has 0 saturated heterocycles. The minimum Gasteiger partial charge on any atom is -0.391 e. The van der Waals surface area contributed by atoms with Crippen molar-refractivity contribution in [1.29, 1.82) is 5.26 Å². The molecule has 0 aliphatic carbocycles. The first-order chi connectivity index (χ1) is 4.81. The first kappa shape index (κ1) is 9.80. The van der Waals surface area contributed by atoms with Crippen LogP contribution < -0.4 is 0 Å². The second-order valence-corrected chi connectivity index (χ2v) is 3.24. The molecule has 0 fully saturated rings. The molecule has 0 heterocycles. The molecular weight excluding hydrogens is 146 g/mol. The molecule has 0 aromatic rings. The fourth-order valence-corrected chi connectivity index (χ4v) is 1.37. The van der Waals surface area contributed by atoms with Crippen LogP contribution in [0.25, 0.3) is 0 Å². The number of hydrogen-bond acceptors (Lipinski definition) is 3. The van der Waals surface area contributed by atoms with Gasteiger partial charge in [0.2, 0.25) is 0 Å². The minimum absolute atomic E-state index is 0.261. The second kappa shape index (κ2) is 6.91. The summed E-state index contributed by atoms with van der Waals surface area (Å²) in [5.41, 5.74) is 0. The van der Waals surface area contributed by atoms with E-state index < -0.39 is 6.10 Å². The highest BCUT2D eigenvalue weighted by molar-refractivity contribution is 7.99. The van der Waals surface area contributed by atoms with Gasteiger partial charge in [0.1, 0.15) is 0 Å². The number of aliphatic hydroxyl groups excluding tert-OH is 1. The zero-order chi connectivity index (χ0) is 7.82. The van der Waals surface area contributed by atoms with Gasteiger partial charge >= 0.3 is 0 Å². The molecular formula is C7H13NOS. The van der Waals surface area contributed by atoms with Gasteiger partial charge in [-0.25, -0.2) is 0 Å². The number of nitriles is 1. The molecule has 0 radical (unpaired) electrons. The summed E-state index contributed by atoms with van der Waals surface area (Å²) in [5, 5.41) is 17.2. The van der Waals surface area contributed by atoms with E-state index in [1.54, 1.807) is 11.8 Å². The number of nitrogens with zero attached hydrogens (tertiary/aromatic N) is 1. The van der Waals surface area contributed by atoms with Gasteiger partial charge in [-0.1, -0.05) is 6.92 Å². The summed E-state index contributed by atoms with van der Waals surface area (Å²) in [6.45, 7) is 2.10. The standard InChI is InChI=1S/C7H13NOS/c1-2-5-10-6-7(9)3-4-8/h7,9H,2-3,5-6H2,1H3. The van der Waals surface area contributed by atoms with Crippen LogP contribution in [0.4, 0.5) is 0 Å². The van der Waals surface area contributed by atoms with Crippen LogP contribution in [0.5, 0.6) is 0 Å². The monoisotopic (exact) mass is 159 g/mol. The van der Waals surface area contributed by atoms with Crippen molar-refractivity contribution in [2.75, 3.05) is 11.5 Å². The lowest BCUT2D eigenvalue weighted by molar-refractivity contribution is 0.205. The first-order valence-corrected chi connectivity index (χ1v) is 4.59. The summed E-state index contributed by atoms with van der Waals surface area (Å²) in [6.07, 6.45) is 0.960. The van der Waals surface area contributed by atoms with Gasteiger partial charge < -0.3 is 5.11 Å². The summed E-state index contributed by atoms with van der Waals surface area (Å²) in [4.78, 5) is 0. The lowest BCUT2D eigenvalue weighted by Crippen LogP contribution is -2.08. The molecule has 0 aromatic carbocycles. The van der Waals surface area contributed by atoms with E-state index in [0.29, 0.717) is 5.75 Å². The van der Waals surface area contributed by atoms with Crippen LogP contribution in [0.2, 0.25) is 0 Å². The minimum atomic E-state index is -0.429. The van der Waals surface area contributed by atoms with Crippen molar-refractivity contribution in [3.05, 3.63) is 0 Å². The van der Waals surface area contributed by atoms with Gasteiger partial charge in [0.15, 0.2) is 0 Å². The van der Waals surface area contributed by atoms with Crippen molar-refractivity contribution in [3.8, 4) is 6.07 Å². The lowest BCUT2D eigenvalue weighted by atomic mass is 10.3. The van der Waals surface area contributed by atoms with Gasteiger partial charge in [0.05, 0.1) is 18.6 Å². The fourth-order valence-electron chi connectivity index (χ4n) is 0.528. The zero-order valence-corrected chi connectivity index (χ0v) is 7.02. The van der Waals surface area contributed by atoms with Crippen molar-refractivity contribution < 1.29 is 5.11 Å². The molecule has 0 spiro atoms. The molecule has 0 saturated carbocycles. The van der Waals surface area contributed by atoms with E-state index in [1.165, 1.54) is 0 Å². The van der Waals surface area contributed by atoms with Crippen molar-refractivity contribution >= 4 is 11.8 Å². The maximum absolute atomic E-state index is 9.03. The summed E-state index contributed by atoms with van der Waals surface area (Å²) in [7, 11) is 0. The van der Waals surface area contributed by atoms with E-state index in [4.69, 9.17) is 10.4 Å². The van der Waals surface area contributed by atoms with Crippen LogP contribution in [-0.2, 0) is 0 Å². The Bertz CT molecular complexity index is 111. The van der Waals surface area contributed by atoms with E-state index in [1.807, 2.05) is 6.07 Å². The van der Waals surface area contributed by atoms with E-state index in [-0.39, 0.29) is 6.42 Å². The largest absolute Gasteiger partial charge is 0.391 e. The maximum atomic E-state index is 9.03.